The van der Waals surface area contributed by atoms with Gasteiger partial charge < -0.3 is 5.32 Å². The van der Waals surface area contributed by atoms with Crippen LogP contribution in [-0.4, -0.2) is 26.8 Å². The normalized spacial score (nSPS) is 24.3. The summed E-state index contributed by atoms with van der Waals surface area (Å²) in [6.07, 6.45) is 5.61. The monoisotopic (exact) mass is 333 g/mol. The zero-order chi connectivity index (χ0) is 15.5. The standard InChI is InChI=1S/C15H21ClFNO2S/c1-18-14-6-4-2-3-5-7-15(14)21(19,20)11-8-9-13(17)12(16)10-11/h8-10,14-15,18H,2-7H2,1H3. The van der Waals surface area contributed by atoms with Gasteiger partial charge in [0.25, 0.3) is 0 Å². The summed E-state index contributed by atoms with van der Waals surface area (Å²) in [5.74, 6) is -0.599. The molecule has 1 aromatic rings. The third-order valence-electron chi connectivity index (χ3n) is 4.19. The number of rotatable bonds is 3. The minimum absolute atomic E-state index is 0.0703. The second-order valence-corrected chi connectivity index (χ2v) is 8.12. The molecule has 1 saturated carbocycles. The lowest BCUT2D eigenvalue weighted by molar-refractivity contribution is 0.405. The molecule has 2 rings (SSSR count). The Bertz CT molecular complexity index is 591. The van der Waals surface area contributed by atoms with E-state index >= 15 is 0 Å². The van der Waals surface area contributed by atoms with Gasteiger partial charge in [-0.25, -0.2) is 12.8 Å². The van der Waals surface area contributed by atoms with E-state index in [1.165, 1.54) is 12.1 Å². The molecular weight excluding hydrogens is 313 g/mol. The molecule has 2 unspecified atom stereocenters. The lowest BCUT2D eigenvalue weighted by atomic mass is 9.96. The zero-order valence-electron chi connectivity index (χ0n) is 12.1. The van der Waals surface area contributed by atoms with Gasteiger partial charge in [-0.15, -0.1) is 0 Å². The van der Waals surface area contributed by atoms with Crippen LogP contribution in [0.15, 0.2) is 23.1 Å². The molecule has 3 nitrogen and oxygen atoms in total. The summed E-state index contributed by atoms with van der Waals surface area (Å²) in [4.78, 5) is 0.111. The molecule has 6 heteroatoms. The second kappa shape index (κ2) is 7.07. The first-order chi connectivity index (χ1) is 9.96. The van der Waals surface area contributed by atoms with Gasteiger partial charge in [-0.05, 0) is 38.1 Å². The van der Waals surface area contributed by atoms with Gasteiger partial charge in [-0.3, -0.25) is 0 Å². The molecule has 0 radical (unpaired) electrons. The summed E-state index contributed by atoms with van der Waals surface area (Å²) in [6, 6.07) is 3.57. The van der Waals surface area contributed by atoms with E-state index < -0.39 is 20.9 Å². The van der Waals surface area contributed by atoms with Crippen LogP contribution in [0.2, 0.25) is 5.02 Å². The predicted octanol–water partition coefficient (Wildman–Crippen LogP) is 3.56. The van der Waals surface area contributed by atoms with Crippen molar-refractivity contribution in [3.8, 4) is 0 Å². The molecule has 0 bridgehead atoms. The molecule has 0 spiro atoms. The van der Waals surface area contributed by atoms with Crippen LogP contribution < -0.4 is 5.32 Å². The number of hydrogen-bond donors (Lipinski definition) is 1. The minimum Gasteiger partial charge on any atom is -0.316 e. The second-order valence-electron chi connectivity index (χ2n) is 5.55. The van der Waals surface area contributed by atoms with Crippen LogP contribution in [0.1, 0.15) is 38.5 Å². The van der Waals surface area contributed by atoms with Crippen molar-refractivity contribution >= 4 is 21.4 Å². The molecule has 21 heavy (non-hydrogen) atoms. The van der Waals surface area contributed by atoms with Crippen LogP contribution in [-0.2, 0) is 9.84 Å². The highest BCUT2D eigenvalue weighted by atomic mass is 35.5. The topological polar surface area (TPSA) is 46.2 Å². The van der Waals surface area contributed by atoms with Crippen LogP contribution in [0.3, 0.4) is 0 Å². The summed E-state index contributed by atoms with van der Waals surface area (Å²) in [5, 5.41) is 2.51. The number of nitrogens with one attached hydrogen (secondary N) is 1. The van der Waals surface area contributed by atoms with Gasteiger partial charge in [0.1, 0.15) is 5.82 Å². The molecule has 1 aliphatic carbocycles. The van der Waals surface area contributed by atoms with Crippen LogP contribution in [0, 0.1) is 5.82 Å². The number of halogens is 2. The molecule has 1 N–H and O–H groups in total. The van der Waals surface area contributed by atoms with Gasteiger partial charge in [0, 0.05) is 6.04 Å². The largest absolute Gasteiger partial charge is 0.316 e. The first-order valence-corrected chi connectivity index (χ1v) is 9.25. The Labute approximate surface area is 130 Å². The highest BCUT2D eigenvalue weighted by molar-refractivity contribution is 7.92. The quantitative estimate of drug-likeness (QED) is 0.860. The minimum atomic E-state index is -3.52. The van der Waals surface area contributed by atoms with Gasteiger partial charge >= 0.3 is 0 Å². The van der Waals surface area contributed by atoms with Crippen molar-refractivity contribution in [2.45, 2.75) is 54.7 Å². The summed E-state index contributed by atoms with van der Waals surface area (Å²) < 4.78 is 39.0. The summed E-state index contributed by atoms with van der Waals surface area (Å²) >= 11 is 5.73. The van der Waals surface area contributed by atoms with Crippen molar-refractivity contribution in [2.75, 3.05) is 7.05 Å². The van der Waals surface area contributed by atoms with Crippen molar-refractivity contribution in [2.24, 2.45) is 0 Å². The third kappa shape index (κ3) is 3.76. The first kappa shape index (κ1) is 16.7. The Hall–Kier alpha value is -0.650. The smallest absolute Gasteiger partial charge is 0.182 e. The van der Waals surface area contributed by atoms with E-state index in [2.05, 4.69) is 5.32 Å². The molecule has 1 fully saturated rings. The fraction of sp³-hybridized carbons (Fsp3) is 0.600. The van der Waals surface area contributed by atoms with Crippen molar-refractivity contribution in [3.63, 3.8) is 0 Å². The fourth-order valence-electron chi connectivity index (χ4n) is 2.98. The number of sulfone groups is 1. The van der Waals surface area contributed by atoms with Gasteiger partial charge in [0.05, 0.1) is 15.2 Å². The predicted molar refractivity (Wildman–Crippen MR) is 82.9 cm³/mol. The molecular formula is C15H21ClFNO2S. The molecule has 1 aromatic carbocycles. The van der Waals surface area contributed by atoms with Gasteiger partial charge in [0.15, 0.2) is 9.84 Å². The number of hydrogen-bond acceptors (Lipinski definition) is 3. The fourth-order valence-corrected chi connectivity index (χ4v) is 5.30. The Kier molecular flexibility index (Phi) is 5.63. The Morgan fingerprint density at radius 3 is 2.48 bits per heavy atom. The van der Waals surface area contributed by atoms with E-state index in [0.29, 0.717) is 6.42 Å². The van der Waals surface area contributed by atoms with E-state index in [0.717, 1.165) is 38.2 Å². The third-order valence-corrected chi connectivity index (χ3v) is 6.75. The summed E-state index contributed by atoms with van der Waals surface area (Å²) in [7, 11) is -1.72. The maximum Gasteiger partial charge on any atom is 0.182 e. The van der Waals surface area contributed by atoms with E-state index in [9.17, 15) is 12.8 Å². The Morgan fingerprint density at radius 1 is 1.19 bits per heavy atom. The lowest BCUT2D eigenvalue weighted by Gasteiger charge is -2.29. The van der Waals surface area contributed by atoms with Crippen LogP contribution >= 0.6 is 11.6 Å². The molecule has 0 amide bonds. The zero-order valence-corrected chi connectivity index (χ0v) is 13.7. The van der Waals surface area contributed by atoms with E-state index in [-0.39, 0.29) is 16.0 Å². The maximum absolute atomic E-state index is 13.3. The van der Waals surface area contributed by atoms with Crippen molar-refractivity contribution in [1.29, 1.82) is 0 Å². The van der Waals surface area contributed by atoms with Gasteiger partial charge in [-0.2, -0.15) is 0 Å². The van der Waals surface area contributed by atoms with Gasteiger partial charge in [0.2, 0.25) is 0 Å². The van der Waals surface area contributed by atoms with Crippen molar-refractivity contribution in [3.05, 3.63) is 29.0 Å². The average molecular weight is 334 g/mol. The molecule has 118 valence electrons. The van der Waals surface area contributed by atoms with E-state index in [1.54, 1.807) is 7.05 Å². The summed E-state index contributed by atoms with van der Waals surface area (Å²) in [5.41, 5.74) is 0. The van der Waals surface area contributed by atoms with Crippen molar-refractivity contribution in [1.82, 2.24) is 5.32 Å². The Balaban J connectivity index is 2.36. The molecule has 0 saturated heterocycles. The van der Waals surface area contributed by atoms with Gasteiger partial charge in [-0.1, -0.05) is 37.3 Å². The first-order valence-electron chi connectivity index (χ1n) is 7.33. The molecule has 0 aromatic heterocycles. The lowest BCUT2D eigenvalue weighted by Crippen LogP contribution is -2.43. The van der Waals surface area contributed by atoms with Crippen LogP contribution in [0.4, 0.5) is 4.39 Å². The summed E-state index contributed by atoms with van der Waals surface area (Å²) in [6.45, 7) is 0. The highest BCUT2D eigenvalue weighted by Gasteiger charge is 2.34. The van der Waals surface area contributed by atoms with E-state index in [4.69, 9.17) is 11.6 Å². The van der Waals surface area contributed by atoms with Crippen LogP contribution in [0.25, 0.3) is 0 Å². The van der Waals surface area contributed by atoms with E-state index in [1.807, 2.05) is 0 Å². The maximum atomic E-state index is 13.3. The molecule has 1 aliphatic rings. The van der Waals surface area contributed by atoms with Crippen LogP contribution in [0.5, 0.6) is 0 Å². The number of benzene rings is 1. The molecule has 0 aliphatic heterocycles. The SMILES string of the molecule is CNC1CCCCCCC1S(=O)(=O)c1ccc(F)c(Cl)c1. The molecule has 0 heterocycles. The Morgan fingerprint density at radius 2 is 1.86 bits per heavy atom. The molecule has 2 atom stereocenters. The average Bonchev–Trinajstić information content (AvgIpc) is 2.41. The van der Waals surface area contributed by atoms with Crippen molar-refractivity contribution < 1.29 is 12.8 Å². The highest BCUT2D eigenvalue weighted by Crippen LogP contribution is 2.29.